The van der Waals surface area contributed by atoms with Crippen molar-refractivity contribution in [2.45, 2.75) is 33.1 Å². The van der Waals surface area contributed by atoms with Crippen molar-refractivity contribution >= 4 is 16.6 Å². The molecule has 0 fully saturated rings. The molecule has 20 heavy (non-hydrogen) atoms. The summed E-state index contributed by atoms with van der Waals surface area (Å²) in [5.41, 5.74) is 1.09. The Balaban J connectivity index is 2.74. The summed E-state index contributed by atoms with van der Waals surface area (Å²) in [4.78, 5) is 4.12. The molecule has 2 rings (SSSR count). The minimum absolute atomic E-state index is 0.0640. The lowest BCUT2D eigenvalue weighted by atomic mass is 10.1. The van der Waals surface area contributed by atoms with Crippen LogP contribution in [-0.4, -0.2) is 11.5 Å². The average Bonchev–Trinajstić information content (AvgIpc) is 2.42. The molecule has 108 valence electrons. The van der Waals surface area contributed by atoms with Crippen LogP contribution in [0.3, 0.4) is 0 Å². The fraction of sp³-hybridized carbons (Fsp3) is 0.400. The van der Waals surface area contributed by atoms with Gasteiger partial charge < -0.3 is 5.32 Å². The number of aromatic nitrogens is 1. The minimum atomic E-state index is -1.48. The summed E-state index contributed by atoms with van der Waals surface area (Å²) in [6.45, 7) is 6.48. The second-order valence-corrected chi connectivity index (χ2v) is 5.06. The Morgan fingerprint density at radius 3 is 2.45 bits per heavy atom. The topological polar surface area (TPSA) is 24.9 Å². The van der Waals surface area contributed by atoms with E-state index >= 15 is 0 Å². The molecule has 0 saturated heterocycles. The molecular weight excluding hydrogens is 265 g/mol. The summed E-state index contributed by atoms with van der Waals surface area (Å²) < 4.78 is 40.7. The first kappa shape index (κ1) is 14.6. The normalized spacial score (nSPS) is 11.3. The van der Waals surface area contributed by atoms with E-state index in [9.17, 15) is 13.2 Å². The van der Waals surface area contributed by atoms with E-state index in [1.54, 1.807) is 6.07 Å². The molecular formula is C15H17F3N2. The maximum absolute atomic E-state index is 13.9. The standard InChI is InChI=1S/C15H17F3N2/c1-4-5-19-12-7-11(8(2)3)20-15-9(12)6-10(16)13(17)14(15)18/h6-8H,4-5H2,1-3H3,(H,19,20). The van der Waals surface area contributed by atoms with E-state index in [1.165, 1.54) is 0 Å². The highest BCUT2D eigenvalue weighted by Crippen LogP contribution is 2.30. The average molecular weight is 282 g/mol. The number of pyridine rings is 1. The van der Waals surface area contributed by atoms with E-state index in [-0.39, 0.29) is 16.8 Å². The number of hydrogen-bond acceptors (Lipinski definition) is 2. The highest BCUT2D eigenvalue weighted by molar-refractivity contribution is 5.92. The Morgan fingerprint density at radius 1 is 1.15 bits per heavy atom. The molecule has 0 aliphatic heterocycles. The summed E-state index contributed by atoms with van der Waals surface area (Å²) in [7, 11) is 0. The molecule has 0 amide bonds. The second kappa shape index (κ2) is 5.69. The molecule has 2 nitrogen and oxygen atoms in total. The van der Waals surface area contributed by atoms with Crippen LogP contribution in [0, 0.1) is 17.5 Å². The Kier molecular flexibility index (Phi) is 4.16. The number of anilines is 1. The molecule has 1 aromatic carbocycles. The van der Waals surface area contributed by atoms with Gasteiger partial charge in [0.15, 0.2) is 17.5 Å². The predicted octanol–water partition coefficient (Wildman–Crippen LogP) is 4.60. The quantitative estimate of drug-likeness (QED) is 0.829. The third kappa shape index (κ3) is 2.57. The minimum Gasteiger partial charge on any atom is -0.384 e. The van der Waals surface area contributed by atoms with Crippen molar-refractivity contribution < 1.29 is 13.2 Å². The zero-order chi connectivity index (χ0) is 14.9. The number of nitrogens with one attached hydrogen (secondary N) is 1. The van der Waals surface area contributed by atoms with Crippen LogP contribution in [0.5, 0.6) is 0 Å². The van der Waals surface area contributed by atoms with Gasteiger partial charge in [-0.3, -0.25) is 0 Å². The fourth-order valence-corrected chi connectivity index (χ4v) is 1.99. The van der Waals surface area contributed by atoms with Gasteiger partial charge in [0.2, 0.25) is 0 Å². The number of nitrogens with zero attached hydrogens (tertiary/aromatic N) is 1. The summed E-state index contributed by atoms with van der Waals surface area (Å²) in [6.07, 6.45) is 0.868. The summed E-state index contributed by atoms with van der Waals surface area (Å²) in [6, 6.07) is 2.75. The maximum Gasteiger partial charge on any atom is 0.196 e. The first-order valence-electron chi connectivity index (χ1n) is 6.67. The highest BCUT2D eigenvalue weighted by Gasteiger charge is 2.18. The van der Waals surface area contributed by atoms with Gasteiger partial charge in [0.25, 0.3) is 0 Å². The van der Waals surface area contributed by atoms with Crippen molar-refractivity contribution in [3.8, 4) is 0 Å². The van der Waals surface area contributed by atoms with Crippen LogP contribution in [0.25, 0.3) is 10.9 Å². The lowest BCUT2D eigenvalue weighted by molar-refractivity contribution is 0.452. The third-order valence-electron chi connectivity index (χ3n) is 3.12. The Bertz CT molecular complexity index is 639. The first-order chi connectivity index (χ1) is 9.45. The number of fused-ring (bicyclic) bond motifs is 1. The molecule has 0 bridgehead atoms. The first-order valence-corrected chi connectivity index (χ1v) is 6.67. The molecule has 0 atom stereocenters. The zero-order valence-corrected chi connectivity index (χ0v) is 11.7. The summed E-state index contributed by atoms with van der Waals surface area (Å²) >= 11 is 0. The maximum atomic E-state index is 13.9. The van der Waals surface area contributed by atoms with Gasteiger partial charge in [-0.25, -0.2) is 18.2 Å². The van der Waals surface area contributed by atoms with Crippen LogP contribution < -0.4 is 5.32 Å². The third-order valence-corrected chi connectivity index (χ3v) is 3.12. The predicted molar refractivity (Wildman–Crippen MR) is 74.5 cm³/mol. The van der Waals surface area contributed by atoms with E-state index in [2.05, 4.69) is 10.3 Å². The van der Waals surface area contributed by atoms with Crippen LogP contribution in [-0.2, 0) is 0 Å². The van der Waals surface area contributed by atoms with Crippen LogP contribution in [0.2, 0.25) is 0 Å². The van der Waals surface area contributed by atoms with Gasteiger partial charge in [-0.1, -0.05) is 20.8 Å². The van der Waals surface area contributed by atoms with Gasteiger partial charge in [0.1, 0.15) is 5.52 Å². The van der Waals surface area contributed by atoms with Crippen LogP contribution in [0.1, 0.15) is 38.8 Å². The SMILES string of the molecule is CCCNc1cc(C(C)C)nc2c(F)c(F)c(F)cc12. The van der Waals surface area contributed by atoms with Gasteiger partial charge >= 0.3 is 0 Å². The van der Waals surface area contributed by atoms with Gasteiger partial charge in [0, 0.05) is 23.3 Å². The molecule has 5 heteroatoms. The van der Waals surface area contributed by atoms with Gasteiger partial charge in [-0.05, 0) is 24.5 Å². The lowest BCUT2D eigenvalue weighted by Gasteiger charge is -2.14. The van der Waals surface area contributed by atoms with Crippen molar-refractivity contribution in [1.82, 2.24) is 4.98 Å². The smallest absolute Gasteiger partial charge is 0.196 e. The number of rotatable bonds is 4. The summed E-state index contributed by atoms with van der Waals surface area (Å²) in [5, 5.41) is 3.37. The zero-order valence-electron chi connectivity index (χ0n) is 11.7. The van der Waals surface area contributed by atoms with E-state index in [0.29, 0.717) is 17.9 Å². The Labute approximate surface area is 116 Å². The van der Waals surface area contributed by atoms with Gasteiger partial charge in [0.05, 0.1) is 0 Å². The number of hydrogen-bond donors (Lipinski definition) is 1. The van der Waals surface area contributed by atoms with Crippen molar-refractivity contribution in [2.24, 2.45) is 0 Å². The molecule has 1 N–H and O–H groups in total. The van der Waals surface area contributed by atoms with Crippen molar-refractivity contribution in [3.63, 3.8) is 0 Å². The Morgan fingerprint density at radius 2 is 1.85 bits per heavy atom. The molecule has 1 aromatic heterocycles. The molecule has 2 aromatic rings. The summed E-state index contributed by atoms with van der Waals surface area (Å²) in [5.74, 6) is -3.85. The van der Waals surface area contributed by atoms with E-state index in [0.717, 1.165) is 12.5 Å². The van der Waals surface area contributed by atoms with Crippen LogP contribution in [0.4, 0.5) is 18.9 Å². The molecule has 0 aliphatic rings. The highest BCUT2D eigenvalue weighted by atomic mass is 19.2. The van der Waals surface area contributed by atoms with E-state index < -0.39 is 17.5 Å². The second-order valence-electron chi connectivity index (χ2n) is 5.06. The number of benzene rings is 1. The Hall–Kier alpha value is -1.78. The molecule has 0 aliphatic carbocycles. The van der Waals surface area contributed by atoms with Crippen LogP contribution in [0.15, 0.2) is 12.1 Å². The molecule has 0 unspecified atom stereocenters. The van der Waals surface area contributed by atoms with Crippen molar-refractivity contribution in [2.75, 3.05) is 11.9 Å². The van der Waals surface area contributed by atoms with Crippen molar-refractivity contribution in [1.29, 1.82) is 0 Å². The van der Waals surface area contributed by atoms with Crippen molar-refractivity contribution in [3.05, 3.63) is 35.3 Å². The molecule has 0 radical (unpaired) electrons. The number of halogens is 3. The van der Waals surface area contributed by atoms with Gasteiger partial charge in [-0.15, -0.1) is 0 Å². The van der Waals surface area contributed by atoms with Gasteiger partial charge in [-0.2, -0.15) is 0 Å². The lowest BCUT2D eigenvalue weighted by Crippen LogP contribution is -2.05. The fourth-order valence-electron chi connectivity index (χ4n) is 1.99. The molecule has 0 spiro atoms. The van der Waals surface area contributed by atoms with E-state index in [1.807, 2.05) is 20.8 Å². The van der Waals surface area contributed by atoms with E-state index in [4.69, 9.17) is 0 Å². The molecule has 0 saturated carbocycles. The molecule has 1 heterocycles. The van der Waals surface area contributed by atoms with Crippen LogP contribution >= 0.6 is 0 Å². The monoisotopic (exact) mass is 282 g/mol. The largest absolute Gasteiger partial charge is 0.384 e.